The molecule has 1 rings (SSSR count). The summed E-state index contributed by atoms with van der Waals surface area (Å²) in [5.41, 5.74) is 1.88. The molecule has 0 unspecified atom stereocenters. The van der Waals surface area contributed by atoms with Gasteiger partial charge >= 0.3 is 5.97 Å². The van der Waals surface area contributed by atoms with Gasteiger partial charge in [0.2, 0.25) is 0 Å². The number of likely N-dealkylation sites (N-methyl/N-ethyl adjacent to an activating group) is 1. The minimum absolute atomic E-state index is 0.245. The normalized spacial score (nSPS) is 11.9. The number of carbonyl (C=O) groups is 1. The van der Waals surface area contributed by atoms with Gasteiger partial charge in [0.25, 0.3) is 0 Å². The summed E-state index contributed by atoms with van der Waals surface area (Å²) in [7, 11) is 3.41. The number of methoxy groups -OCH3 is 1. The predicted molar refractivity (Wildman–Crippen MR) is 70.2 cm³/mol. The molecule has 0 amide bonds. The Balaban J connectivity index is 2.54. The highest BCUT2D eigenvalue weighted by atomic mass is 16.5. The zero-order valence-corrected chi connectivity index (χ0v) is 11.5. The molecule has 0 saturated carbocycles. The molecule has 1 heterocycles. The largest absolute Gasteiger partial charge is 0.469 e. The smallest absolute Gasteiger partial charge is 0.333 e. The van der Waals surface area contributed by atoms with Gasteiger partial charge in [0, 0.05) is 24.2 Å². The molecular weight excluding hydrogens is 230 g/mol. The fourth-order valence-electron chi connectivity index (χ4n) is 1.70. The quantitative estimate of drug-likeness (QED) is 0.575. The second kappa shape index (κ2) is 7.01. The van der Waals surface area contributed by atoms with Gasteiger partial charge < -0.3 is 9.15 Å². The lowest BCUT2D eigenvalue weighted by Crippen LogP contribution is -2.19. The van der Waals surface area contributed by atoms with Crippen LogP contribution in [0.25, 0.3) is 0 Å². The number of esters is 1. The molecule has 0 atom stereocenters. The molecule has 0 aliphatic carbocycles. The minimum Gasteiger partial charge on any atom is -0.469 e. The topological polar surface area (TPSA) is 42.7 Å². The van der Waals surface area contributed by atoms with Gasteiger partial charge in [-0.25, -0.2) is 4.79 Å². The first-order valence-corrected chi connectivity index (χ1v) is 6.07. The first-order valence-electron chi connectivity index (χ1n) is 6.07. The zero-order chi connectivity index (χ0) is 13.5. The van der Waals surface area contributed by atoms with Crippen LogP contribution >= 0.6 is 0 Å². The van der Waals surface area contributed by atoms with Crippen LogP contribution in [0.5, 0.6) is 0 Å². The molecule has 100 valence electrons. The van der Waals surface area contributed by atoms with E-state index in [1.54, 1.807) is 6.26 Å². The number of furan rings is 1. The lowest BCUT2D eigenvalue weighted by atomic mass is 10.2. The number of hydrogen-bond donors (Lipinski definition) is 0. The number of rotatable bonds is 6. The summed E-state index contributed by atoms with van der Waals surface area (Å²) in [6.07, 6.45) is 4.30. The summed E-state index contributed by atoms with van der Waals surface area (Å²) in [4.78, 5) is 13.5. The van der Waals surface area contributed by atoms with Crippen molar-refractivity contribution in [2.45, 2.75) is 26.8 Å². The van der Waals surface area contributed by atoms with Gasteiger partial charge in [-0.2, -0.15) is 0 Å². The van der Waals surface area contributed by atoms with Crippen molar-refractivity contribution >= 4 is 5.97 Å². The number of nitrogens with zero attached hydrogens (tertiary/aromatic N) is 1. The molecule has 4 heteroatoms. The molecule has 1 aromatic rings. The molecule has 0 spiro atoms. The monoisotopic (exact) mass is 251 g/mol. The summed E-state index contributed by atoms with van der Waals surface area (Å²) in [5, 5.41) is 0. The number of ether oxygens (including phenoxy) is 1. The van der Waals surface area contributed by atoms with Gasteiger partial charge in [-0.1, -0.05) is 13.0 Å². The van der Waals surface area contributed by atoms with E-state index in [0.717, 1.165) is 12.3 Å². The van der Waals surface area contributed by atoms with Crippen molar-refractivity contribution in [3.05, 3.63) is 35.3 Å². The van der Waals surface area contributed by atoms with E-state index in [9.17, 15) is 4.79 Å². The highest BCUT2D eigenvalue weighted by Crippen LogP contribution is 2.11. The third-order valence-electron chi connectivity index (χ3n) is 2.88. The molecule has 0 fully saturated rings. The van der Waals surface area contributed by atoms with Crippen molar-refractivity contribution in [1.82, 2.24) is 4.90 Å². The second-order valence-corrected chi connectivity index (χ2v) is 4.27. The van der Waals surface area contributed by atoms with E-state index in [-0.39, 0.29) is 5.97 Å². The van der Waals surface area contributed by atoms with Gasteiger partial charge in [0.1, 0.15) is 5.76 Å². The third kappa shape index (κ3) is 4.04. The maximum Gasteiger partial charge on any atom is 0.333 e. The van der Waals surface area contributed by atoms with Crippen LogP contribution in [0.4, 0.5) is 0 Å². The van der Waals surface area contributed by atoms with E-state index in [0.29, 0.717) is 18.5 Å². The lowest BCUT2D eigenvalue weighted by molar-refractivity contribution is -0.136. The zero-order valence-electron chi connectivity index (χ0n) is 11.5. The van der Waals surface area contributed by atoms with Crippen molar-refractivity contribution in [2.75, 3.05) is 20.7 Å². The second-order valence-electron chi connectivity index (χ2n) is 4.27. The van der Waals surface area contributed by atoms with E-state index in [4.69, 9.17) is 9.15 Å². The van der Waals surface area contributed by atoms with Crippen LogP contribution in [0, 0.1) is 6.92 Å². The van der Waals surface area contributed by atoms with Gasteiger partial charge in [0.05, 0.1) is 13.4 Å². The standard InChI is InChI=1S/C14H21NO3/c1-5-12(14(16)17-4)6-8-15(3)10-13-7-9-18-11(13)2/h6-7,9H,5,8,10H2,1-4H3. The van der Waals surface area contributed by atoms with Crippen molar-refractivity contribution < 1.29 is 13.9 Å². The molecule has 0 N–H and O–H groups in total. The number of carbonyl (C=O) groups excluding carboxylic acids is 1. The first-order chi connectivity index (χ1) is 8.58. The molecule has 0 aromatic carbocycles. The van der Waals surface area contributed by atoms with Crippen molar-refractivity contribution in [3.8, 4) is 0 Å². The van der Waals surface area contributed by atoms with Crippen LogP contribution < -0.4 is 0 Å². The van der Waals surface area contributed by atoms with Gasteiger partial charge in [-0.05, 0) is 26.5 Å². The highest BCUT2D eigenvalue weighted by molar-refractivity contribution is 5.88. The van der Waals surface area contributed by atoms with Crippen molar-refractivity contribution in [1.29, 1.82) is 0 Å². The Kier molecular flexibility index (Phi) is 5.65. The molecule has 0 aliphatic heterocycles. The average Bonchev–Trinajstić information content (AvgIpc) is 2.75. The van der Waals surface area contributed by atoms with Crippen LogP contribution in [-0.2, 0) is 16.1 Å². The summed E-state index contributed by atoms with van der Waals surface area (Å²) in [5.74, 6) is 0.694. The van der Waals surface area contributed by atoms with E-state index < -0.39 is 0 Å². The van der Waals surface area contributed by atoms with Crippen LogP contribution in [0.15, 0.2) is 28.4 Å². The Morgan fingerprint density at radius 2 is 2.28 bits per heavy atom. The van der Waals surface area contributed by atoms with Crippen LogP contribution in [0.3, 0.4) is 0 Å². The number of hydrogen-bond acceptors (Lipinski definition) is 4. The fraction of sp³-hybridized carbons (Fsp3) is 0.500. The van der Waals surface area contributed by atoms with Crippen molar-refractivity contribution in [2.24, 2.45) is 0 Å². The van der Waals surface area contributed by atoms with Gasteiger partial charge in [-0.3, -0.25) is 4.90 Å². The lowest BCUT2D eigenvalue weighted by Gasteiger charge is -2.14. The molecule has 4 nitrogen and oxygen atoms in total. The molecule has 0 bridgehead atoms. The van der Waals surface area contributed by atoms with Crippen LogP contribution in [-0.4, -0.2) is 31.6 Å². The van der Waals surface area contributed by atoms with E-state index in [2.05, 4.69) is 4.90 Å². The fourth-order valence-corrected chi connectivity index (χ4v) is 1.70. The van der Waals surface area contributed by atoms with Crippen LogP contribution in [0.2, 0.25) is 0 Å². The summed E-state index contributed by atoms with van der Waals surface area (Å²) in [6, 6.07) is 1.97. The average molecular weight is 251 g/mol. The first kappa shape index (κ1) is 14.5. The Morgan fingerprint density at radius 1 is 1.56 bits per heavy atom. The maximum absolute atomic E-state index is 11.4. The Labute approximate surface area is 108 Å². The molecule has 0 saturated heterocycles. The molecule has 0 radical (unpaired) electrons. The number of aryl methyl sites for hydroxylation is 1. The van der Waals surface area contributed by atoms with Gasteiger partial charge in [0.15, 0.2) is 0 Å². The Bertz CT molecular complexity index is 420. The van der Waals surface area contributed by atoms with Gasteiger partial charge in [-0.15, -0.1) is 0 Å². The summed E-state index contributed by atoms with van der Waals surface area (Å²) in [6.45, 7) is 5.41. The minimum atomic E-state index is -0.245. The summed E-state index contributed by atoms with van der Waals surface area (Å²) >= 11 is 0. The predicted octanol–water partition coefficient (Wildman–Crippen LogP) is 2.53. The molecule has 0 aliphatic rings. The molecular formula is C14H21NO3. The maximum atomic E-state index is 11.4. The van der Waals surface area contributed by atoms with E-state index >= 15 is 0 Å². The van der Waals surface area contributed by atoms with E-state index in [1.807, 2.05) is 33.0 Å². The SMILES string of the molecule is CCC(=CCN(C)Cc1ccoc1C)C(=O)OC. The highest BCUT2D eigenvalue weighted by Gasteiger charge is 2.08. The van der Waals surface area contributed by atoms with Crippen LogP contribution in [0.1, 0.15) is 24.7 Å². The Morgan fingerprint density at radius 3 is 2.78 bits per heavy atom. The Hall–Kier alpha value is -1.55. The third-order valence-corrected chi connectivity index (χ3v) is 2.88. The van der Waals surface area contributed by atoms with E-state index in [1.165, 1.54) is 12.7 Å². The molecule has 1 aromatic heterocycles. The van der Waals surface area contributed by atoms with Crippen molar-refractivity contribution in [3.63, 3.8) is 0 Å². The molecule has 18 heavy (non-hydrogen) atoms. The summed E-state index contributed by atoms with van der Waals surface area (Å²) < 4.78 is 9.97.